The number of fused-ring (bicyclic) bond motifs is 1. The summed E-state index contributed by atoms with van der Waals surface area (Å²) in [6, 6.07) is 13.1. The Bertz CT molecular complexity index is 663. The summed E-state index contributed by atoms with van der Waals surface area (Å²) in [5, 5.41) is 0. The molecule has 0 saturated carbocycles. The van der Waals surface area contributed by atoms with Crippen molar-refractivity contribution < 1.29 is 4.74 Å². The molecule has 2 aliphatic rings. The van der Waals surface area contributed by atoms with Gasteiger partial charge < -0.3 is 9.64 Å². The molecule has 0 N–H and O–H groups in total. The quantitative estimate of drug-likeness (QED) is 0.866. The van der Waals surface area contributed by atoms with Crippen molar-refractivity contribution in [3.8, 4) is 0 Å². The van der Waals surface area contributed by atoms with Gasteiger partial charge in [-0.1, -0.05) is 30.3 Å². The van der Waals surface area contributed by atoms with Gasteiger partial charge in [-0.15, -0.1) is 0 Å². The van der Waals surface area contributed by atoms with Crippen LogP contribution in [0.1, 0.15) is 11.4 Å². The normalized spacial score (nSPS) is 24.7. The molecular weight excluding hydrogens is 288 g/mol. The SMILES string of the molecule is Cc1nccc(N2C[C@H]3OCCN(Cc4ccccc4)[C@H]3C2)n1. The van der Waals surface area contributed by atoms with Crippen LogP contribution in [0, 0.1) is 6.92 Å². The molecule has 5 heteroatoms. The Morgan fingerprint density at radius 3 is 2.87 bits per heavy atom. The zero-order valence-electron chi connectivity index (χ0n) is 13.4. The molecule has 0 radical (unpaired) electrons. The molecule has 0 spiro atoms. The predicted octanol–water partition coefficient (Wildman–Crippen LogP) is 1.87. The molecule has 0 aliphatic carbocycles. The van der Waals surface area contributed by atoms with Gasteiger partial charge in [0.15, 0.2) is 0 Å². The highest BCUT2D eigenvalue weighted by molar-refractivity contribution is 5.40. The first-order valence-corrected chi connectivity index (χ1v) is 8.24. The maximum atomic E-state index is 6.03. The highest BCUT2D eigenvalue weighted by atomic mass is 16.5. The summed E-state index contributed by atoms with van der Waals surface area (Å²) >= 11 is 0. The van der Waals surface area contributed by atoms with Crippen LogP contribution in [-0.4, -0.2) is 53.3 Å². The van der Waals surface area contributed by atoms with E-state index < -0.39 is 0 Å². The zero-order valence-corrected chi connectivity index (χ0v) is 13.4. The second-order valence-electron chi connectivity index (χ2n) is 6.30. The van der Waals surface area contributed by atoms with Crippen LogP contribution in [0.25, 0.3) is 0 Å². The van der Waals surface area contributed by atoms with E-state index in [4.69, 9.17) is 4.74 Å². The summed E-state index contributed by atoms with van der Waals surface area (Å²) in [7, 11) is 0. The van der Waals surface area contributed by atoms with Crippen molar-refractivity contribution in [2.75, 3.05) is 31.1 Å². The number of hydrogen-bond acceptors (Lipinski definition) is 5. The third kappa shape index (κ3) is 3.07. The first-order valence-electron chi connectivity index (χ1n) is 8.24. The minimum Gasteiger partial charge on any atom is -0.373 e. The van der Waals surface area contributed by atoms with E-state index in [1.54, 1.807) is 0 Å². The number of nitrogens with zero attached hydrogens (tertiary/aromatic N) is 4. The van der Waals surface area contributed by atoms with Gasteiger partial charge in [-0.3, -0.25) is 4.90 Å². The van der Waals surface area contributed by atoms with Crippen molar-refractivity contribution >= 4 is 5.82 Å². The Labute approximate surface area is 136 Å². The summed E-state index contributed by atoms with van der Waals surface area (Å²) in [5.74, 6) is 1.83. The summed E-state index contributed by atoms with van der Waals surface area (Å²) in [6.45, 7) is 6.60. The lowest BCUT2D eigenvalue weighted by atomic mass is 10.1. The Morgan fingerprint density at radius 1 is 1.17 bits per heavy atom. The lowest BCUT2D eigenvalue weighted by molar-refractivity contribution is -0.0499. The summed E-state index contributed by atoms with van der Waals surface area (Å²) in [5.41, 5.74) is 1.37. The lowest BCUT2D eigenvalue weighted by Gasteiger charge is -2.36. The number of rotatable bonds is 3. The van der Waals surface area contributed by atoms with Crippen LogP contribution in [0.3, 0.4) is 0 Å². The van der Waals surface area contributed by atoms with Crippen LogP contribution in [0.2, 0.25) is 0 Å². The summed E-state index contributed by atoms with van der Waals surface area (Å²) in [4.78, 5) is 13.6. The van der Waals surface area contributed by atoms with Gasteiger partial charge in [-0.05, 0) is 18.6 Å². The van der Waals surface area contributed by atoms with Crippen molar-refractivity contribution in [3.05, 3.63) is 54.0 Å². The second kappa shape index (κ2) is 6.26. The van der Waals surface area contributed by atoms with Crippen LogP contribution in [0.15, 0.2) is 42.6 Å². The Kier molecular flexibility index (Phi) is 3.97. The number of hydrogen-bond donors (Lipinski definition) is 0. The van der Waals surface area contributed by atoms with Gasteiger partial charge >= 0.3 is 0 Å². The molecular formula is C18H22N4O. The zero-order chi connectivity index (χ0) is 15.6. The Hall–Kier alpha value is -1.98. The van der Waals surface area contributed by atoms with Gasteiger partial charge in [-0.25, -0.2) is 9.97 Å². The first kappa shape index (κ1) is 14.6. The predicted molar refractivity (Wildman–Crippen MR) is 89.4 cm³/mol. The first-order chi connectivity index (χ1) is 11.3. The smallest absolute Gasteiger partial charge is 0.132 e. The minimum absolute atomic E-state index is 0.266. The molecule has 0 unspecified atom stereocenters. The van der Waals surface area contributed by atoms with E-state index in [-0.39, 0.29) is 6.10 Å². The fourth-order valence-electron chi connectivity index (χ4n) is 3.58. The average molecular weight is 310 g/mol. The van der Waals surface area contributed by atoms with Crippen LogP contribution in [0.5, 0.6) is 0 Å². The van der Waals surface area contributed by atoms with Gasteiger partial charge in [0.25, 0.3) is 0 Å². The third-order valence-electron chi connectivity index (χ3n) is 4.73. The molecule has 2 aliphatic heterocycles. The average Bonchev–Trinajstić information content (AvgIpc) is 3.01. The fourth-order valence-corrected chi connectivity index (χ4v) is 3.58. The van der Waals surface area contributed by atoms with Crippen LogP contribution in [0.4, 0.5) is 5.82 Å². The van der Waals surface area contributed by atoms with Gasteiger partial charge in [0.2, 0.25) is 0 Å². The molecule has 2 fully saturated rings. The summed E-state index contributed by atoms with van der Waals surface area (Å²) < 4.78 is 6.03. The molecule has 1 aromatic carbocycles. The molecule has 2 aromatic rings. The number of aromatic nitrogens is 2. The monoisotopic (exact) mass is 310 g/mol. The van der Waals surface area contributed by atoms with Gasteiger partial charge in [0.05, 0.1) is 18.8 Å². The highest BCUT2D eigenvalue weighted by Gasteiger charge is 2.40. The van der Waals surface area contributed by atoms with Gasteiger partial charge in [0.1, 0.15) is 11.6 Å². The van der Waals surface area contributed by atoms with E-state index in [0.717, 1.165) is 44.4 Å². The van der Waals surface area contributed by atoms with Gasteiger partial charge in [0, 0.05) is 32.4 Å². The number of anilines is 1. The van der Waals surface area contributed by atoms with E-state index in [2.05, 4.69) is 50.1 Å². The maximum Gasteiger partial charge on any atom is 0.132 e. The maximum absolute atomic E-state index is 6.03. The van der Waals surface area contributed by atoms with Crippen molar-refractivity contribution in [2.45, 2.75) is 25.6 Å². The minimum atomic E-state index is 0.266. The molecule has 3 heterocycles. The van der Waals surface area contributed by atoms with E-state index in [9.17, 15) is 0 Å². The standard InChI is InChI=1S/C18H22N4O/c1-14-19-8-7-18(20-14)22-12-16-17(13-22)23-10-9-21(16)11-15-5-3-2-4-6-15/h2-8,16-17H,9-13H2,1H3/t16-,17+/m0/s1. The number of benzene rings is 1. The van der Waals surface area contributed by atoms with E-state index >= 15 is 0 Å². The molecule has 4 rings (SSSR count). The van der Waals surface area contributed by atoms with Crippen LogP contribution >= 0.6 is 0 Å². The van der Waals surface area contributed by atoms with Crippen molar-refractivity contribution in [1.29, 1.82) is 0 Å². The molecule has 120 valence electrons. The molecule has 2 saturated heterocycles. The fraction of sp³-hybridized carbons (Fsp3) is 0.444. The Morgan fingerprint density at radius 2 is 2.04 bits per heavy atom. The second-order valence-corrected chi connectivity index (χ2v) is 6.30. The number of ether oxygens (including phenoxy) is 1. The Balaban J connectivity index is 1.50. The molecule has 23 heavy (non-hydrogen) atoms. The van der Waals surface area contributed by atoms with E-state index in [0.29, 0.717) is 6.04 Å². The van der Waals surface area contributed by atoms with E-state index in [1.807, 2.05) is 19.2 Å². The lowest BCUT2D eigenvalue weighted by Crippen LogP contribution is -2.50. The number of morpholine rings is 1. The largest absolute Gasteiger partial charge is 0.373 e. The molecule has 2 atom stereocenters. The van der Waals surface area contributed by atoms with Crippen molar-refractivity contribution in [3.63, 3.8) is 0 Å². The molecule has 1 aromatic heterocycles. The topological polar surface area (TPSA) is 41.5 Å². The van der Waals surface area contributed by atoms with Crippen LogP contribution in [-0.2, 0) is 11.3 Å². The van der Waals surface area contributed by atoms with E-state index in [1.165, 1.54) is 5.56 Å². The summed E-state index contributed by atoms with van der Waals surface area (Å²) in [6.07, 6.45) is 2.10. The van der Waals surface area contributed by atoms with Crippen molar-refractivity contribution in [2.24, 2.45) is 0 Å². The van der Waals surface area contributed by atoms with Gasteiger partial charge in [-0.2, -0.15) is 0 Å². The van der Waals surface area contributed by atoms with Crippen LogP contribution < -0.4 is 4.90 Å². The highest BCUT2D eigenvalue weighted by Crippen LogP contribution is 2.27. The third-order valence-corrected chi connectivity index (χ3v) is 4.73. The molecule has 0 amide bonds. The molecule has 5 nitrogen and oxygen atoms in total. The number of aryl methyl sites for hydroxylation is 1. The van der Waals surface area contributed by atoms with Crippen molar-refractivity contribution in [1.82, 2.24) is 14.9 Å². The molecule has 0 bridgehead atoms.